The summed E-state index contributed by atoms with van der Waals surface area (Å²) in [6, 6.07) is 16.3. The Morgan fingerprint density at radius 1 is 1.06 bits per heavy atom. The fraction of sp³-hybridized carbons (Fsp3) is 0.154. The summed E-state index contributed by atoms with van der Waals surface area (Å²) in [5.41, 5.74) is 14.7. The summed E-state index contributed by atoms with van der Waals surface area (Å²) in [5.74, 6) is 0.752. The highest BCUT2D eigenvalue weighted by Crippen LogP contribution is 2.31. The molecule has 33 heavy (non-hydrogen) atoms. The average Bonchev–Trinajstić information content (AvgIpc) is 3.46. The molecule has 7 nitrogen and oxygen atoms in total. The van der Waals surface area contributed by atoms with Gasteiger partial charge in [-0.25, -0.2) is 9.97 Å². The number of anilines is 2. The number of pyridine rings is 1. The molecule has 0 atom stereocenters. The Kier molecular flexibility index (Phi) is 5.32. The van der Waals surface area contributed by atoms with Crippen LogP contribution in [0, 0.1) is 13.8 Å². The third kappa shape index (κ3) is 3.94. The first-order valence-electron chi connectivity index (χ1n) is 10.8. The first kappa shape index (κ1) is 20.8. The minimum Gasteiger partial charge on any atom is -0.494 e. The van der Waals surface area contributed by atoms with Crippen molar-refractivity contribution in [3.8, 4) is 22.7 Å². The highest BCUT2D eigenvalue weighted by atomic mass is 16.5. The molecule has 0 aliphatic rings. The largest absolute Gasteiger partial charge is 0.494 e. The van der Waals surface area contributed by atoms with E-state index in [1.807, 2.05) is 64.8 Å². The number of imidazole rings is 2. The second kappa shape index (κ2) is 8.44. The van der Waals surface area contributed by atoms with Crippen LogP contribution in [0.1, 0.15) is 16.8 Å². The number of benzene rings is 2. The van der Waals surface area contributed by atoms with Gasteiger partial charge in [0, 0.05) is 42.5 Å². The third-order valence-electron chi connectivity index (χ3n) is 5.74. The van der Waals surface area contributed by atoms with Crippen molar-refractivity contribution in [2.24, 2.45) is 5.73 Å². The van der Waals surface area contributed by atoms with Crippen molar-refractivity contribution in [2.75, 3.05) is 12.4 Å². The van der Waals surface area contributed by atoms with Crippen LogP contribution in [-0.2, 0) is 6.54 Å². The van der Waals surface area contributed by atoms with E-state index in [2.05, 4.69) is 35.4 Å². The molecule has 0 fully saturated rings. The molecule has 0 unspecified atom stereocenters. The van der Waals surface area contributed by atoms with E-state index in [4.69, 9.17) is 15.5 Å². The van der Waals surface area contributed by atoms with Crippen molar-refractivity contribution in [2.45, 2.75) is 20.4 Å². The summed E-state index contributed by atoms with van der Waals surface area (Å²) in [6.45, 7) is 4.56. The maximum atomic E-state index is 5.85. The van der Waals surface area contributed by atoms with Gasteiger partial charge in [0.1, 0.15) is 5.75 Å². The fourth-order valence-electron chi connectivity index (χ4n) is 3.99. The number of aryl methyl sites for hydroxylation is 2. The molecule has 2 aromatic carbocycles. The van der Waals surface area contributed by atoms with Crippen LogP contribution < -0.4 is 15.8 Å². The molecule has 7 heteroatoms. The van der Waals surface area contributed by atoms with E-state index < -0.39 is 0 Å². The van der Waals surface area contributed by atoms with Crippen LogP contribution >= 0.6 is 0 Å². The Labute approximate surface area is 192 Å². The number of rotatable bonds is 6. The van der Waals surface area contributed by atoms with Crippen molar-refractivity contribution in [3.05, 3.63) is 90.3 Å². The van der Waals surface area contributed by atoms with E-state index in [0.717, 1.165) is 51.0 Å². The molecular weight excluding hydrogens is 412 g/mol. The quantitative estimate of drug-likeness (QED) is 0.389. The topological polar surface area (TPSA) is 82.4 Å². The van der Waals surface area contributed by atoms with Crippen molar-refractivity contribution < 1.29 is 4.74 Å². The normalized spacial score (nSPS) is 11.2. The molecule has 5 rings (SSSR count). The number of ether oxygens (including phenoxy) is 1. The summed E-state index contributed by atoms with van der Waals surface area (Å²) in [7, 11) is 1.67. The Bertz CT molecular complexity index is 1450. The number of methoxy groups -OCH3 is 1. The van der Waals surface area contributed by atoms with Gasteiger partial charge in [0.05, 0.1) is 36.2 Å². The molecule has 0 spiro atoms. The first-order chi connectivity index (χ1) is 16.1. The van der Waals surface area contributed by atoms with E-state index >= 15 is 0 Å². The van der Waals surface area contributed by atoms with E-state index in [1.54, 1.807) is 13.4 Å². The lowest BCUT2D eigenvalue weighted by atomic mass is 10.0. The minimum absolute atomic E-state index is 0.504. The van der Waals surface area contributed by atoms with Crippen LogP contribution in [0.15, 0.2) is 73.4 Å². The van der Waals surface area contributed by atoms with Gasteiger partial charge in [0.2, 0.25) is 0 Å². The molecule has 166 valence electrons. The van der Waals surface area contributed by atoms with Gasteiger partial charge in [0.15, 0.2) is 5.65 Å². The highest BCUT2D eigenvalue weighted by Gasteiger charge is 2.12. The molecule has 5 aromatic rings. The van der Waals surface area contributed by atoms with Crippen LogP contribution in [0.25, 0.3) is 22.6 Å². The molecule has 0 saturated carbocycles. The smallest absolute Gasteiger partial charge is 0.161 e. The second-order valence-electron chi connectivity index (χ2n) is 8.07. The number of hydrogen-bond donors (Lipinski definition) is 2. The number of aromatic nitrogens is 4. The van der Waals surface area contributed by atoms with Crippen molar-refractivity contribution in [1.82, 2.24) is 18.9 Å². The summed E-state index contributed by atoms with van der Waals surface area (Å²) < 4.78 is 9.64. The van der Waals surface area contributed by atoms with E-state index in [9.17, 15) is 0 Å². The molecule has 3 heterocycles. The summed E-state index contributed by atoms with van der Waals surface area (Å²) in [5, 5.41) is 3.50. The van der Waals surface area contributed by atoms with Crippen molar-refractivity contribution in [3.63, 3.8) is 0 Å². The number of nitrogens with two attached hydrogens (primary N) is 1. The van der Waals surface area contributed by atoms with Gasteiger partial charge in [-0.05, 0) is 55.3 Å². The molecule has 3 N–H and O–H groups in total. The number of nitrogens with zero attached hydrogens (tertiary/aromatic N) is 4. The van der Waals surface area contributed by atoms with Crippen molar-refractivity contribution in [1.29, 1.82) is 0 Å². The maximum absolute atomic E-state index is 5.85. The van der Waals surface area contributed by atoms with Crippen molar-refractivity contribution >= 4 is 17.0 Å². The molecule has 0 amide bonds. The second-order valence-corrected chi connectivity index (χ2v) is 8.07. The predicted octanol–water partition coefficient (Wildman–Crippen LogP) is 5.01. The molecule has 3 aromatic heterocycles. The minimum atomic E-state index is 0.504. The first-order valence-corrected chi connectivity index (χ1v) is 10.8. The van der Waals surface area contributed by atoms with Crippen LogP contribution in [0.2, 0.25) is 0 Å². The predicted molar refractivity (Wildman–Crippen MR) is 131 cm³/mol. The zero-order valence-corrected chi connectivity index (χ0v) is 18.9. The van der Waals surface area contributed by atoms with Crippen LogP contribution in [0.4, 0.5) is 11.4 Å². The van der Waals surface area contributed by atoms with Crippen LogP contribution in [0.3, 0.4) is 0 Å². The highest BCUT2D eigenvalue weighted by molar-refractivity contribution is 5.78. The maximum Gasteiger partial charge on any atom is 0.161 e. The zero-order chi connectivity index (χ0) is 22.9. The summed E-state index contributed by atoms with van der Waals surface area (Å²) in [6.07, 6.45) is 7.81. The lowest BCUT2D eigenvalue weighted by Crippen LogP contribution is -1.99. The zero-order valence-electron chi connectivity index (χ0n) is 18.9. The van der Waals surface area contributed by atoms with Gasteiger partial charge < -0.3 is 24.8 Å². The number of hydrogen-bond acceptors (Lipinski definition) is 5. The van der Waals surface area contributed by atoms with Gasteiger partial charge in [-0.2, -0.15) is 0 Å². The lowest BCUT2D eigenvalue weighted by Gasteiger charge is -2.13. The fourth-order valence-corrected chi connectivity index (χ4v) is 3.99. The van der Waals surface area contributed by atoms with Crippen LogP contribution in [0.5, 0.6) is 5.75 Å². The monoisotopic (exact) mass is 438 g/mol. The Balaban J connectivity index is 1.51. The number of fused-ring (bicyclic) bond motifs is 1. The Hall–Kier alpha value is -4.10. The number of nitrogens with one attached hydrogen (secondary N) is 1. The van der Waals surface area contributed by atoms with Gasteiger partial charge in [-0.15, -0.1) is 0 Å². The molecule has 0 aliphatic heterocycles. The Morgan fingerprint density at radius 2 is 1.94 bits per heavy atom. The molecular formula is C26H26N6O. The SMILES string of the molecule is COc1cc(Nc2cccn3cc(-c4cc(CN)ccc4C)nc23)ccc1-n1cnc(C)c1. The lowest BCUT2D eigenvalue weighted by molar-refractivity contribution is 0.413. The summed E-state index contributed by atoms with van der Waals surface area (Å²) in [4.78, 5) is 9.25. The third-order valence-corrected chi connectivity index (χ3v) is 5.74. The van der Waals surface area contributed by atoms with Crippen LogP contribution in [-0.4, -0.2) is 26.0 Å². The van der Waals surface area contributed by atoms with E-state index in [0.29, 0.717) is 6.54 Å². The molecule has 0 bridgehead atoms. The van der Waals surface area contributed by atoms with Gasteiger partial charge in [-0.1, -0.05) is 12.1 Å². The van der Waals surface area contributed by atoms with Gasteiger partial charge >= 0.3 is 0 Å². The molecule has 0 aliphatic carbocycles. The van der Waals surface area contributed by atoms with E-state index in [-0.39, 0.29) is 0 Å². The van der Waals surface area contributed by atoms with E-state index in [1.165, 1.54) is 5.56 Å². The summed E-state index contributed by atoms with van der Waals surface area (Å²) >= 11 is 0. The average molecular weight is 439 g/mol. The van der Waals surface area contributed by atoms with Gasteiger partial charge in [0.25, 0.3) is 0 Å². The standard InChI is InChI=1S/C26H26N6O/c1-17-6-7-19(13-27)11-21(17)23-15-31-10-4-5-22(26(31)30-23)29-20-8-9-24(25(12-20)33-3)32-14-18(2)28-16-32/h4-12,14-16,29H,13,27H2,1-3H3. The molecule has 0 saturated heterocycles. The molecule has 0 radical (unpaired) electrons. The Morgan fingerprint density at radius 3 is 2.70 bits per heavy atom. The van der Waals surface area contributed by atoms with Gasteiger partial charge in [-0.3, -0.25) is 0 Å².